The molecule has 0 aliphatic carbocycles. The predicted octanol–water partition coefficient (Wildman–Crippen LogP) is 1.98. The fourth-order valence-corrected chi connectivity index (χ4v) is 1.36. The zero-order chi connectivity index (χ0) is 9.90. The summed E-state index contributed by atoms with van der Waals surface area (Å²) in [6.45, 7) is 6.41. The third kappa shape index (κ3) is 2.84. The molecule has 0 aromatic carbocycles. The number of hydrogen-bond donors (Lipinski definition) is 1. The van der Waals surface area contributed by atoms with Gasteiger partial charge in [-0.05, 0) is 25.7 Å². The molecular formula is C10H16O3. The lowest BCUT2D eigenvalue weighted by atomic mass is 9.98. The Morgan fingerprint density at radius 2 is 2.31 bits per heavy atom. The first-order valence-electron chi connectivity index (χ1n) is 4.65. The molecule has 1 aliphatic heterocycles. The zero-order valence-electron chi connectivity index (χ0n) is 8.01. The standard InChI is InChI=1S/C10H16O3/c1-3-10(7-13-10)6-4-5-8(2)9(11)12/h2-7H2,1H3,(H,11,12). The van der Waals surface area contributed by atoms with E-state index < -0.39 is 5.97 Å². The first kappa shape index (κ1) is 10.3. The van der Waals surface area contributed by atoms with E-state index in [4.69, 9.17) is 9.84 Å². The molecule has 1 heterocycles. The molecule has 1 saturated heterocycles. The lowest BCUT2D eigenvalue weighted by molar-refractivity contribution is -0.132. The van der Waals surface area contributed by atoms with E-state index in [0.717, 1.165) is 25.9 Å². The maximum absolute atomic E-state index is 10.4. The van der Waals surface area contributed by atoms with E-state index in [1.54, 1.807) is 0 Å². The number of carbonyl (C=O) groups is 1. The van der Waals surface area contributed by atoms with Crippen LogP contribution in [0.15, 0.2) is 12.2 Å². The second kappa shape index (κ2) is 3.92. The number of aliphatic carboxylic acids is 1. The molecule has 1 N–H and O–H groups in total. The van der Waals surface area contributed by atoms with E-state index in [1.165, 1.54) is 0 Å². The van der Waals surface area contributed by atoms with Gasteiger partial charge < -0.3 is 9.84 Å². The van der Waals surface area contributed by atoms with E-state index in [1.807, 2.05) is 0 Å². The Labute approximate surface area is 78.4 Å². The van der Waals surface area contributed by atoms with Crippen molar-refractivity contribution in [3.63, 3.8) is 0 Å². The number of carboxylic acid groups (broad SMARTS) is 1. The summed E-state index contributed by atoms with van der Waals surface area (Å²) in [5.41, 5.74) is 0.380. The van der Waals surface area contributed by atoms with Crippen molar-refractivity contribution in [3.05, 3.63) is 12.2 Å². The minimum absolute atomic E-state index is 0.0821. The van der Waals surface area contributed by atoms with Crippen LogP contribution in [0, 0.1) is 0 Å². The predicted molar refractivity (Wildman–Crippen MR) is 49.6 cm³/mol. The first-order valence-corrected chi connectivity index (χ1v) is 4.65. The van der Waals surface area contributed by atoms with Crippen molar-refractivity contribution in [2.45, 2.75) is 38.2 Å². The monoisotopic (exact) mass is 184 g/mol. The maximum atomic E-state index is 10.4. The van der Waals surface area contributed by atoms with Gasteiger partial charge in [0.25, 0.3) is 0 Å². The van der Waals surface area contributed by atoms with Crippen LogP contribution in [0.5, 0.6) is 0 Å². The van der Waals surface area contributed by atoms with Gasteiger partial charge in [-0.3, -0.25) is 0 Å². The van der Waals surface area contributed by atoms with Crippen LogP contribution in [0.3, 0.4) is 0 Å². The fraction of sp³-hybridized carbons (Fsp3) is 0.700. The van der Waals surface area contributed by atoms with Crippen LogP contribution in [-0.2, 0) is 9.53 Å². The molecule has 0 spiro atoms. The quantitative estimate of drug-likeness (QED) is 0.507. The largest absolute Gasteiger partial charge is 0.478 e. The Hall–Kier alpha value is -0.830. The lowest BCUT2D eigenvalue weighted by Crippen LogP contribution is -2.09. The topological polar surface area (TPSA) is 49.8 Å². The second-order valence-electron chi connectivity index (χ2n) is 3.59. The molecule has 1 rings (SSSR count). The van der Waals surface area contributed by atoms with Crippen molar-refractivity contribution in [1.82, 2.24) is 0 Å². The Morgan fingerprint density at radius 3 is 2.69 bits per heavy atom. The Bertz CT molecular complexity index is 216. The maximum Gasteiger partial charge on any atom is 0.330 e. The molecule has 74 valence electrons. The molecule has 0 bridgehead atoms. The van der Waals surface area contributed by atoms with Crippen LogP contribution in [0.2, 0.25) is 0 Å². The van der Waals surface area contributed by atoms with Crippen molar-refractivity contribution in [3.8, 4) is 0 Å². The zero-order valence-corrected chi connectivity index (χ0v) is 8.01. The summed E-state index contributed by atoms with van der Waals surface area (Å²) in [4.78, 5) is 10.4. The van der Waals surface area contributed by atoms with Crippen LogP contribution in [0.4, 0.5) is 0 Å². The van der Waals surface area contributed by atoms with Gasteiger partial charge in [0, 0.05) is 5.57 Å². The highest BCUT2D eigenvalue weighted by molar-refractivity contribution is 5.85. The number of epoxide rings is 1. The van der Waals surface area contributed by atoms with Gasteiger partial charge in [0.2, 0.25) is 0 Å². The molecule has 13 heavy (non-hydrogen) atoms. The molecular weight excluding hydrogens is 168 g/mol. The fourth-order valence-electron chi connectivity index (χ4n) is 1.36. The highest BCUT2D eigenvalue weighted by Gasteiger charge is 2.41. The summed E-state index contributed by atoms with van der Waals surface area (Å²) in [6, 6.07) is 0. The van der Waals surface area contributed by atoms with E-state index in [9.17, 15) is 4.79 Å². The summed E-state index contributed by atoms with van der Waals surface area (Å²) >= 11 is 0. The molecule has 1 fully saturated rings. The van der Waals surface area contributed by atoms with Gasteiger partial charge >= 0.3 is 5.97 Å². The Morgan fingerprint density at radius 1 is 1.69 bits per heavy atom. The minimum atomic E-state index is -0.887. The lowest BCUT2D eigenvalue weighted by Gasteiger charge is -2.07. The molecule has 0 amide bonds. The summed E-state index contributed by atoms with van der Waals surface area (Å²) in [5.74, 6) is -0.887. The first-order chi connectivity index (χ1) is 6.09. The molecule has 1 unspecified atom stereocenters. The van der Waals surface area contributed by atoms with Crippen LogP contribution in [0.1, 0.15) is 32.6 Å². The smallest absolute Gasteiger partial charge is 0.330 e. The second-order valence-corrected chi connectivity index (χ2v) is 3.59. The molecule has 0 aromatic heterocycles. The van der Waals surface area contributed by atoms with Crippen molar-refractivity contribution in [2.24, 2.45) is 0 Å². The van der Waals surface area contributed by atoms with Gasteiger partial charge in [-0.15, -0.1) is 0 Å². The molecule has 1 aliphatic rings. The molecule has 3 nitrogen and oxygen atoms in total. The third-order valence-corrected chi connectivity index (χ3v) is 2.61. The van der Waals surface area contributed by atoms with Gasteiger partial charge in [0.05, 0.1) is 12.2 Å². The number of rotatable bonds is 6. The summed E-state index contributed by atoms with van der Waals surface area (Å²) in [7, 11) is 0. The average molecular weight is 184 g/mol. The summed E-state index contributed by atoms with van der Waals surface area (Å²) in [6.07, 6.45) is 3.40. The summed E-state index contributed by atoms with van der Waals surface area (Å²) < 4.78 is 5.31. The number of hydrogen-bond acceptors (Lipinski definition) is 2. The minimum Gasteiger partial charge on any atom is -0.478 e. The van der Waals surface area contributed by atoms with Crippen LogP contribution >= 0.6 is 0 Å². The van der Waals surface area contributed by atoms with E-state index in [-0.39, 0.29) is 5.60 Å². The van der Waals surface area contributed by atoms with E-state index >= 15 is 0 Å². The molecule has 3 heteroatoms. The van der Waals surface area contributed by atoms with Crippen LogP contribution < -0.4 is 0 Å². The van der Waals surface area contributed by atoms with Crippen LogP contribution in [-0.4, -0.2) is 23.3 Å². The third-order valence-electron chi connectivity index (χ3n) is 2.61. The van der Waals surface area contributed by atoms with Crippen molar-refractivity contribution >= 4 is 5.97 Å². The molecule has 1 atom stereocenters. The van der Waals surface area contributed by atoms with Crippen molar-refractivity contribution in [1.29, 1.82) is 0 Å². The van der Waals surface area contributed by atoms with Gasteiger partial charge in [-0.25, -0.2) is 4.79 Å². The SMILES string of the molecule is C=C(CCCC1(CC)CO1)C(=O)O. The molecule has 0 radical (unpaired) electrons. The highest BCUT2D eigenvalue weighted by Crippen LogP contribution is 2.36. The average Bonchev–Trinajstić information content (AvgIpc) is 2.85. The van der Waals surface area contributed by atoms with Crippen molar-refractivity contribution in [2.75, 3.05) is 6.61 Å². The van der Waals surface area contributed by atoms with Gasteiger partial charge in [0.15, 0.2) is 0 Å². The number of carboxylic acids is 1. The normalized spacial score (nSPS) is 25.6. The van der Waals surface area contributed by atoms with Crippen LogP contribution in [0.25, 0.3) is 0 Å². The Kier molecular flexibility index (Phi) is 3.09. The van der Waals surface area contributed by atoms with E-state index in [2.05, 4.69) is 13.5 Å². The highest BCUT2D eigenvalue weighted by atomic mass is 16.6. The molecule has 0 saturated carbocycles. The van der Waals surface area contributed by atoms with Gasteiger partial charge in [-0.2, -0.15) is 0 Å². The van der Waals surface area contributed by atoms with Gasteiger partial charge in [-0.1, -0.05) is 13.5 Å². The molecule has 0 aromatic rings. The Balaban J connectivity index is 2.14. The van der Waals surface area contributed by atoms with E-state index in [0.29, 0.717) is 12.0 Å². The van der Waals surface area contributed by atoms with Crippen molar-refractivity contribution < 1.29 is 14.6 Å². The van der Waals surface area contributed by atoms with Gasteiger partial charge in [0.1, 0.15) is 0 Å². The summed E-state index contributed by atoms with van der Waals surface area (Å²) in [5, 5.41) is 8.55. The number of ether oxygens (including phenoxy) is 1.